The van der Waals surface area contributed by atoms with E-state index in [-0.39, 0.29) is 11.6 Å². The molecule has 1 aromatic rings. The van der Waals surface area contributed by atoms with Gasteiger partial charge >= 0.3 is 0 Å². The summed E-state index contributed by atoms with van der Waals surface area (Å²) in [5.74, 6) is 4.98. The van der Waals surface area contributed by atoms with Gasteiger partial charge in [0.2, 0.25) is 5.91 Å². The minimum Gasteiger partial charge on any atom is -0.359 e. The van der Waals surface area contributed by atoms with E-state index in [2.05, 4.69) is 10.5 Å². The highest BCUT2D eigenvalue weighted by Gasteiger charge is 2.12. The van der Waals surface area contributed by atoms with Crippen LogP contribution in [0.3, 0.4) is 0 Å². The Morgan fingerprint density at radius 3 is 2.89 bits per heavy atom. The smallest absolute Gasteiger partial charge is 0.287 e. The lowest BCUT2D eigenvalue weighted by atomic mass is 10.3. The zero-order valence-electron chi connectivity index (χ0n) is 10.4. The molecule has 0 aliphatic heterocycles. The highest BCUT2D eigenvalue weighted by molar-refractivity contribution is 5.91. The van der Waals surface area contributed by atoms with Crippen LogP contribution in [0.25, 0.3) is 0 Å². The summed E-state index contributed by atoms with van der Waals surface area (Å²) in [4.78, 5) is 24.1. The molecule has 0 bridgehead atoms. The molecular formula is C10H17N5O3. The van der Waals surface area contributed by atoms with E-state index in [0.29, 0.717) is 25.3 Å². The zero-order chi connectivity index (χ0) is 13.5. The molecule has 0 unspecified atom stereocenters. The molecule has 0 aromatic carbocycles. The van der Waals surface area contributed by atoms with Crippen LogP contribution in [0.4, 0.5) is 0 Å². The minimum absolute atomic E-state index is 0.0254. The summed E-state index contributed by atoms with van der Waals surface area (Å²) in [5.41, 5.74) is 2.10. The highest BCUT2D eigenvalue weighted by atomic mass is 16.5. The fraction of sp³-hybridized carbons (Fsp3) is 0.500. The number of aromatic nitrogens is 1. The summed E-state index contributed by atoms with van der Waals surface area (Å²) >= 11 is 0. The van der Waals surface area contributed by atoms with Crippen LogP contribution in [0.1, 0.15) is 22.7 Å². The van der Waals surface area contributed by atoms with Gasteiger partial charge in [0.15, 0.2) is 11.5 Å². The lowest BCUT2D eigenvalue weighted by Crippen LogP contribution is -2.30. The number of hydrogen-bond donors (Lipinski definition) is 3. The van der Waals surface area contributed by atoms with E-state index in [9.17, 15) is 9.59 Å². The molecule has 0 radical (unpaired) electrons. The largest absolute Gasteiger partial charge is 0.359 e. The molecule has 4 N–H and O–H groups in total. The Morgan fingerprint density at radius 2 is 2.28 bits per heavy atom. The Bertz CT molecular complexity index is 417. The average Bonchev–Trinajstić information content (AvgIpc) is 2.83. The molecule has 1 heterocycles. The third-order valence-corrected chi connectivity index (χ3v) is 2.35. The van der Waals surface area contributed by atoms with Crippen molar-refractivity contribution in [3.05, 3.63) is 17.5 Å². The van der Waals surface area contributed by atoms with Gasteiger partial charge in [-0.15, -0.1) is 0 Å². The first kappa shape index (κ1) is 14.1. The number of carbonyl (C=O) groups excluding carboxylic acids is 2. The molecule has 0 saturated heterocycles. The zero-order valence-corrected chi connectivity index (χ0v) is 10.4. The maximum Gasteiger partial charge on any atom is 0.287 e. The van der Waals surface area contributed by atoms with E-state index in [1.165, 1.54) is 6.07 Å². The van der Waals surface area contributed by atoms with Gasteiger partial charge in [-0.3, -0.25) is 19.9 Å². The molecule has 1 aromatic heterocycles. The summed E-state index contributed by atoms with van der Waals surface area (Å²) in [6, 6.07) is 1.51. The predicted octanol–water partition coefficient (Wildman–Crippen LogP) is -1.15. The average molecular weight is 255 g/mol. The van der Waals surface area contributed by atoms with Gasteiger partial charge in [0.1, 0.15) is 0 Å². The molecular weight excluding hydrogens is 238 g/mol. The van der Waals surface area contributed by atoms with Crippen molar-refractivity contribution in [2.45, 2.75) is 13.0 Å². The SMILES string of the molecule is CNC(=O)CCN(C)Cc1cc(C(=O)NN)no1. The van der Waals surface area contributed by atoms with Gasteiger partial charge in [-0.2, -0.15) is 0 Å². The summed E-state index contributed by atoms with van der Waals surface area (Å²) in [5, 5.41) is 6.12. The van der Waals surface area contributed by atoms with Gasteiger partial charge in [0.05, 0.1) is 6.54 Å². The molecule has 0 spiro atoms. The van der Waals surface area contributed by atoms with Gasteiger partial charge in [-0.25, -0.2) is 5.84 Å². The van der Waals surface area contributed by atoms with Crippen molar-refractivity contribution in [2.75, 3.05) is 20.6 Å². The van der Waals surface area contributed by atoms with Crippen molar-refractivity contribution < 1.29 is 14.1 Å². The van der Waals surface area contributed by atoms with Crippen LogP contribution in [0, 0.1) is 0 Å². The second-order valence-electron chi connectivity index (χ2n) is 3.81. The lowest BCUT2D eigenvalue weighted by molar-refractivity contribution is -0.120. The van der Waals surface area contributed by atoms with Crippen LogP contribution in [0.2, 0.25) is 0 Å². The molecule has 8 nitrogen and oxygen atoms in total. The Morgan fingerprint density at radius 1 is 1.56 bits per heavy atom. The first-order valence-electron chi connectivity index (χ1n) is 5.42. The third-order valence-electron chi connectivity index (χ3n) is 2.35. The van der Waals surface area contributed by atoms with E-state index >= 15 is 0 Å². The molecule has 0 aliphatic rings. The number of rotatable bonds is 6. The molecule has 1 rings (SSSR count). The fourth-order valence-corrected chi connectivity index (χ4v) is 1.33. The number of hydrazine groups is 1. The monoisotopic (exact) mass is 255 g/mol. The van der Waals surface area contributed by atoms with Crippen LogP contribution in [0.5, 0.6) is 0 Å². The first-order chi connectivity index (χ1) is 8.56. The van der Waals surface area contributed by atoms with Gasteiger partial charge in [-0.1, -0.05) is 5.16 Å². The molecule has 100 valence electrons. The lowest BCUT2D eigenvalue weighted by Gasteiger charge is -2.13. The molecule has 18 heavy (non-hydrogen) atoms. The number of hydrogen-bond acceptors (Lipinski definition) is 6. The van der Waals surface area contributed by atoms with Crippen LogP contribution in [-0.2, 0) is 11.3 Å². The van der Waals surface area contributed by atoms with Crippen LogP contribution >= 0.6 is 0 Å². The first-order valence-corrected chi connectivity index (χ1v) is 5.42. The van der Waals surface area contributed by atoms with Crippen molar-refractivity contribution in [2.24, 2.45) is 5.84 Å². The fourth-order valence-electron chi connectivity index (χ4n) is 1.33. The van der Waals surface area contributed by atoms with Crippen LogP contribution in [0.15, 0.2) is 10.6 Å². The summed E-state index contributed by atoms with van der Waals surface area (Å²) < 4.78 is 4.98. The summed E-state index contributed by atoms with van der Waals surface area (Å²) in [6.07, 6.45) is 0.400. The normalized spacial score (nSPS) is 10.4. The van der Waals surface area contributed by atoms with Crippen molar-refractivity contribution in [3.63, 3.8) is 0 Å². The molecule has 0 aliphatic carbocycles. The maximum atomic E-state index is 11.1. The predicted molar refractivity (Wildman–Crippen MR) is 63.2 cm³/mol. The van der Waals surface area contributed by atoms with Crippen molar-refractivity contribution in [1.82, 2.24) is 20.8 Å². The topological polar surface area (TPSA) is 113 Å². The molecule has 2 amide bonds. The number of nitrogen functional groups attached to an aromatic ring is 1. The molecule has 8 heteroatoms. The number of nitrogens with two attached hydrogens (primary N) is 1. The Balaban J connectivity index is 2.44. The molecule has 0 fully saturated rings. The van der Waals surface area contributed by atoms with E-state index in [0.717, 1.165) is 0 Å². The number of carbonyl (C=O) groups is 2. The van der Waals surface area contributed by atoms with Crippen LogP contribution in [-0.4, -0.2) is 42.5 Å². The maximum absolute atomic E-state index is 11.1. The van der Waals surface area contributed by atoms with Gasteiger partial charge in [0, 0.05) is 26.1 Å². The summed E-state index contributed by atoms with van der Waals surface area (Å²) in [6.45, 7) is 1.04. The van der Waals surface area contributed by atoms with E-state index < -0.39 is 5.91 Å². The van der Waals surface area contributed by atoms with Crippen molar-refractivity contribution in [3.8, 4) is 0 Å². The molecule has 0 saturated carbocycles. The van der Waals surface area contributed by atoms with Gasteiger partial charge in [-0.05, 0) is 7.05 Å². The number of nitrogens with one attached hydrogen (secondary N) is 2. The van der Waals surface area contributed by atoms with Crippen molar-refractivity contribution in [1.29, 1.82) is 0 Å². The molecule has 0 atom stereocenters. The quantitative estimate of drug-likeness (QED) is 0.336. The van der Waals surface area contributed by atoms with Gasteiger partial charge in [0.25, 0.3) is 5.91 Å². The standard InChI is InChI=1S/C10H17N5O3/c1-12-9(16)3-4-15(2)6-7-5-8(14-18-7)10(17)13-11/h5H,3-4,6,11H2,1-2H3,(H,12,16)(H,13,17). The van der Waals surface area contributed by atoms with Crippen LogP contribution < -0.4 is 16.6 Å². The number of nitrogens with zero attached hydrogens (tertiary/aromatic N) is 2. The summed E-state index contributed by atoms with van der Waals surface area (Å²) in [7, 11) is 3.44. The van der Waals surface area contributed by atoms with Crippen molar-refractivity contribution >= 4 is 11.8 Å². The highest BCUT2D eigenvalue weighted by Crippen LogP contribution is 2.06. The van der Waals surface area contributed by atoms with E-state index in [4.69, 9.17) is 10.4 Å². The second kappa shape index (κ2) is 6.72. The van der Waals surface area contributed by atoms with E-state index in [1.807, 2.05) is 17.4 Å². The Kier molecular flexibility index (Phi) is 5.28. The number of amides is 2. The third kappa shape index (κ3) is 4.15. The van der Waals surface area contributed by atoms with Gasteiger partial charge < -0.3 is 9.84 Å². The second-order valence-corrected chi connectivity index (χ2v) is 3.81. The Hall–Kier alpha value is -1.93. The minimum atomic E-state index is -0.502. The Labute approximate surface area is 104 Å². The van der Waals surface area contributed by atoms with E-state index in [1.54, 1.807) is 7.05 Å².